The lowest BCUT2D eigenvalue weighted by atomic mass is 10.2. The molecule has 0 radical (unpaired) electrons. The van der Waals surface area contributed by atoms with Crippen molar-refractivity contribution in [1.29, 1.82) is 0 Å². The molecule has 0 saturated carbocycles. The van der Waals surface area contributed by atoms with E-state index in [0.29, 0.717) is 11.4 Å². The first-order valence-electron chi connectivity index (χ1n) is 8.24. The average molecular weight is 373 g/mol. The molecule has 1 saturated heterocycles. The maximum absolute atomic E-state index is 12.8. The minimum atomic E-state index is -0.693. The first-order chi connectivity index (χ1) is 12.8. The van der Waals surface area contributed by atoms with E-state index in [0.717, 1.165) is 4.90 Å². The van der Waals surface area contributed by atoms with Crippen LogP contribution in [0.2, 0.25) is 0 Å². The predicted molar refractivity (Wildman–Crippen MR) is 90.2 cm³/mol. The lowest BCUT2D eigenvalue weighted by Crippen LogP contribution is -2.43. The lowest BCUT2D eigenvalue weighted by Gasteiger charge is -2.21. The van der Waals surface area contributed by atoms with Gasteiger partial charge in [0.05, 0.1) is 30.0 Å². The van der Waals surface area contributed by atoms with Gasteiger partial charge < -0.3 is 14.9 Å². The molecular formula is C17H19N5O5. The summed E-state index contributed by atoms with van der Waals surface area (Å²) < 4.78 is 5.88. The summed E-state index contributed by atoms with van der Waals surface area (Å²) in [4.78, 5) is 39.0. The minimum Gasteiger partial charge on any atom is -0.539 e. The van der Waals surface area contributed by atoms with Crippen LogP contribution in [0.15, 0.2) is 28.8 Å². The third-order valence-corrected chi connectivity index (χ3v) is 4.37. The van der Waals surface area contributed by atoms with Gasteiger partial charge in [-0.2, -0.15) is 0 Å². The Labute approximate surface area is 154 Å². The van der Waals surface area contributed by atoms with E-state index < -0.39 is 12.0 Å². The number of hydrogen-bond acceptors (Lipinski definition) is 7. The van der Waals surface area contributed by atoms with Crippen molar-refractivity contribution in [3.05, 3.63) is 30.0 Å². The highest BCUT2D eigenvalue weighted by molar-refractivity contribution is 6.22. The Bertz CT molecular complexity index is 872. The summed E-state index contributed by atoms with van der Waals surface area (Å²) in [6, 6.07) is 5.74. The number of aryl methyl sites for hydroxylation is 1. The standard InChI is InChI=1S/C17H19N5O5/c1-10(23)18-11-4-6-12(7-5-11)22-15(24)8-13(16(22)25)20(2)9-14-17(26)27-19-21(14)3/h4-7,13H,8-9H2,1-3H3,(H-,18,19,23,26). The minimum absolute atomic E-state index is 0.00592. The zero-order valence-corrected chi connectivity index (χ0v) is 15.1. The molecule has 2 heterocycles. The Hall–Kier alpha value is -3.27. The van der Waals surface area contributed by atoms with E-state index in [-0.39, 0.29) is 36.4 Å². The molecule has 1 aliphatic rings. The summed E-state index contributed by atoms with van der Waals surface area (Å²) in [5, 5.41) is 17.8. The molecule has 1 aromatic carbocycles. The van der Waals surface area contributed by atoms with E-state index in [9.17, 15) is 19.5 Å². The summed E-state index contributed by atoms with van der Waals surface area (Å²) in [5.41, 5.74) is 1.29. The van der Waals surface area contributed by atoms with E-state index in [1.807, 2.05) is 0 Å². The fraction of sp³-hybridized carbons (Fsp3) is 0.353. The van der Waals surface area contributed by atoms with E-state index in [1.165, 1.54) is 11.6 Å². The molecule has 27 heavy (non-hydrogen) atoms. The van der Waals surface area contributed by atoms with Gasteiger partial charge in [-0.1, -0.05) is 4.68 Å². The van der Waals surface area contributed by atoms with Gasteiger partial charge in [-0.3, -0.25) is 19.3 Å². The largest absolute Gasteiger partial charge is 0.539 e. The second kappa shape index (κ2) is 7.16. The third-order valence-electron chi connectivity index (χ3n) is 4.37. The molecule has 1 aliphatic heterocycles. The van der Waals surface area contributed by atoms with E-state index >= 15 is 0 Å². The molecule has 0 aliphatic carbocycles. The van der Waals surface area contributed by atoms with Gasteiger partial charge in [-0.15, -0.1) is 0 Å². The van der Waals surface area contributed by atoms with Gasteiger partial charge in [-0.25, -0.2) is 4.90 Å². The number of aromatic nitrogens is 2. The molecule has 0 spiro atoms. The quantitative estimate of drug-likeness (QED) is 0.543. The topological polar surface area (TPSA) is 123 Å². The lowest BCUT2D eigenvalue weighted by molar-refractivity contribution is -0.747. The zero-order chi connectivity index (χ0) is 19.7. The van der Waals surface area contributed by atoms with Crippen LogP contribution in [0.1, 0.15) is 19.0 Å². The first-order valence-corrected chi connectivity index (χ1v) is 8.24. The number of benzene rings is 1. The van der Waals surface area contributed by atoms with Gasteiger partial charge in [0, 0.05) is 12.6 Å². The van der Waals surface area contributed by atoms with E-state index in [2.05, 4.69) is 15.1 Å². The van der Waals surface area contributed by atoms with Crippen molar-refractivity contribution < 1.29 is 28.7 Å². The van der Waals surface area contributed by atoms with Crippen LogP contribution in [-0.2, 0) is 28.0 Å². The van der Waals surface area contributed by atoms with Gasteiger partial charge >= 0.3 is 0 Å². The highest BCUT2D eigenvalue weighted by atomic mass is 16.6. The summed E-state index contributed by atoms with van der Waals surface area (Å²) in [5.74, 6) is -1.49. The number of nitrogens with zero attached hydrogens (tertiary/aromatic N) is 4. The molecule has 10 nitrogen and oxygen atoms in total. The van der Waals surface area contributed by atoms with Crippen LogP contribution in [0.3, 0.4) is 0 Å². The van der Waals surface area contributed by atoms with Crippen LogP contribution in [0.25, 0.3) is 0 Å². The molecule has 1 fully saturated rings. The number of rotatable bonds is 5. The number of hydrogen-bond donors (Lipinski definition) is 1. The normalized spacial score (nSPS) is 17.0. The van der Waals surface area contributed by atoms with Crippen molar-refractivity contribution in [2.24, 2.45) is 7.05 Å². The number of amides is 3. The molecule has 0 bridgehead atoms. The van der Waals surface area contributed by atoms with E-state index in [4.69, 9.17) is 0 Å². The van der Waals surface area contributed by atoms with Gasteiger partial charge in [0.1, 0.15) is 0 Å². The van der Waals surface area contributed by atoms with Crippen molar-refractivity contribution in [3.63, 3.8) is 0 Å². The summed E-state index contributed by atoms with van der Waals surface area (Å²) >= 11 is 0. The second-order valence-corrected chi connectivity index (χ2v) is 6.36. The summed E-state index contributed by atoms with van der Waals surface area (Å²) in [7, 11) is 3.23. The Kier molecular flexibility index (Phi) is 4.91. The van der Waals surface area contributed by atoms with Crippen LogP contribution in [0.4, 0.5) is 11.4 Å². The van der Waals surface area contributed by atoms with Crippen LogP contribution >= 0.6 is 0 Å². The van der Waals surface area contributed by atoms with E-state index in [1.54, 1.807) is 43.3 Å². The average Bonchev–Trinajstić information content (AvgIpc) is 3.08. The Morgan fingerprint density at radius 1 is 1.41 bits per heavy atom. The molecule has 142 valence electrons. The molecule has 1 aromatic heterocycles. The number of likely N-dealkylation sites (N-methyl/N-ethyl adjacent to an activating group) is 1. The maximum Gasteiger partial charge on any atom is 0.251 e. The fourth-order valence-electron chi connectivity index (χ4n) is 2.97. The second-order valence-electron chi connectivity index (χ2n) is 6.36. The van der Waals surface area contributed by atoms with Crippen molar-refractivity contribution in [1.82, 2.24) is 10.2 Å². The number of carbonyl (C=O) groups excluding carboxylic acids is 3. The Balaban J connectivity index is 1.75. The molecule has 2 aromatic rings. The van der Waals surface area contributed by atoms with Crippen LogP contribution in [-0.4, -0.2) is 41.0 Å². The van der Waals surface area contributed by atoms with Crippen molar-refractivity contribution in [3.8, 4) is 5.95 Å². The van der Waals surface area contributed by atoms with Crippen LogP contribution in [0.5, 0.6) is 5.95 Å². The SMILES string of the molecule is CC(=O)Nc1ccc(N2C(=O)CC(N(C)Cc3c([O-])on[n+]3C)C2=O)cc1. The van der Waals surface area contributed by atoms with Crippen molar-refractivity contribution >= 4 is 29.1 Å². The number of imide groups is 1. The first kappa shape index (κ1) is 18.5. The highest BCUT2D eigenvalue weighted by Gasteiger charge is 2.42. The maximum atomic E-state index is 12.8. The summed E-state index contributed by atoms with van der Waals surface area (Å²) in [6.45, 7) is 1.52. The smallest absolute Gasteiger partial charge is 0.251 e. The molecule has 10 heteroatoms. The molecule has 3 amide bonds. The van der Waals surface area contributed by atoms with Crippen LogP contribution < -0.4 is 20.0 Å². The van der Waals surface area contributed by atoms with Gasteiger partial charge in [0.15, 0.2) is 13.0 Å². The molecule has 3 rings (SSSR count). The zero-order valence-electron chi connectivity index (χ0n) is 15.1. The Morgan fingerprint density at radius 3 is 2.63 bits per heavy atom. The highest BCUT2D eigenvalue weighted by Crippen LogP contribution is 2.27. The fourth-order valence-corrected chi connectivity index (χ4v) is 2.97. The predicted octanol–water partition coefficient (Wildman–Crippen LogP) is -0.705. The number of nitrogens with one attached hydrogen (secondary N) is 1. The number of anilines is 2. The van der Waals surface area contributed by atoms with Gasteiger partial charge in [0.2, 0.25) is 17.5 Å². The third kappa shape index (κ3) is 3.65. The molecule has 1 atom stereocenters. The van der Waals surface area contributed by atoms with Crippen LogP contribution in [0, 0.1) is 0 Å². The van der Waals surface area contributed by atoms with Crippen molar-refractivity contribution in [2.75, 3.05) is 17.3 Å². The molecular weight excluding hydrogens is 354 g/mol. The number of carbonyl (C=O) groups is 3. The van der Waals surface area contributed by atoms with Gasteiger partial charge in [-0.05, 0) is 31.3 Å². The van der Waals surface area contributed by atoms with Crippen molar-refractivity contribution in [2.45, 2.75) is 25.9 Å². The summed E-state index contributed by atoms with van der Waals surface area (Å²) in [6.07, 6.45) is 0.00592. The Morgan fingerprint density at radius 2 is 2.07 bits per heavy atom. The monoisotopic (exact) mass is 373 g/mol. The van der Waals surface area contributed by atoms with Gasteiger partial charge in [0.25, 0.3) is 5.91 Å². The molecule has 1 N–H and O–H groups in total. The molecule has 1 unspecified atom stereocenters.